The van der Waals surface area contributed by atoms with Crippen molar-refractivity contribution in [2.45, 2.75) is 64.9 Å². The van der Waals surface area contributed by atoms with Crippen LogP contribution in [0.3, 0.4) is 0 Å². The summed E-state index contributed by atoms with van der Waals surface area (Å²) in [5.74, 6) is 2.02. The summed E-state index contributed by atoms with van der Waals surface area (Å²) in [5, 5.41) is 3.55. The number of aryl methyl sites for hydroxylation is 1. The normalized spacial score (nSPS) is 13.6. The van der Waals surface area contributed by atoms with Gasteiger partial charge in [-0.15, -0.1) is 11.8 Å². The van der Waals surface area contributed by atoms with Gasteiger partial charge >= 0.3 is 0 Å². The zero-order chi connectivity index (χ0) is 14.5. The lowest BCUT2D eigenvalue weighted by molar-refractivity contribution is 0.424. The van der Waals surface area contributed by atoms with E-state index in [-0.39, 0.29) is 5.54 Å². The lowest BCUT2D eigenvalue weighted by atomic mass is 10.1. The van der Waals surface area contributed by atoms with E-state index in [1.165, 1.54) is 28.2 Å². The topological polar surface area (TPSA) is 12.0 Å². The van der Waals surface area contributed by atoms with E-state index < -0.39 is 0 Å². The second kappa shape index (κ2) is 7.35. The molecule has 0 aliphatic heterocycles. The molecule has 1 unspecified atom stereocenters. The van der Waals surface area contributed by atoms with E-state index in [0.717, 1.165) is 12.5 Å². The Labute approximate surface area is 123 Å². The third-order valence-corrected chi connectivity index (χ3v) is 4.68. The van der Waals surface area contributed by atoms with Crippen molar-refractivity contribution < 1.29 is 0 Å². The van der Waals surface area contributed by atoms with E-state index in [0.29, 0.717) is 0 Å². The van der Waals surface area contributed by atoms with Crippen LogP contribution in [0.2, 0.25) is 0 Å². The fraction of sp³-hybridized carbons (Fsp3) is 0.647. The minimum Gasteiger partial charge on any atom is -0.308 e. The highest BCUT2D eigenvalue weighted by atomic mass is 32.2. The standard InChI is InChI=1S/C17H29NS/c1-7-13(2)12-19-16-9-8-15(14(3)10-16)11-18-17(4,5)6/h8-10,13,18H,7,11-12H2,1-6H3. The van der Waals surface area contributed by atoms with Gasteiger partial charge < -0.3 is 5.32 Å². The van der Waals surface area contributed by atoms with Crippen LogP contribution in [0.1, 0.15) is 52.2 Å². The molecule has 1 aromatic rings. The number of benzene rings is 1. The summed E-state index contributed by atoms with van der Waals surface area (Å²) in [5.41, 5.74) is 2.98. The number of thioether (sulfide) groups is 1. The molecule has 2 heteroatoms. The molecule has 0 fully saturated rings. The van der Waals surface area contributed by atoms with Gasteiger partial charge in [-0.05, 0) is 56.9 Å². The molecule has 0 amide bonds. The Hall–Kier alpha value is -0.470. The van der Waals surface area contributed by atoms with Gasteiger partial charge in [0.1, 0.15) is 0 Å². The van der Waals surface area contributed by atoms with Crippen LogP contribution in [0.5, 0.6) is 0 Å². The van der Waals surface area contributed by atoms with E-state index in [4.69, 9.17) is 0 Å². The minimum absolute atomic E-state index is 0.177. The van der Waals surface area contributed by atoms with Gasteiger partial charge in [0.05, 0.1) is 0 Å². The molecule has 0 saturated carbocycles. The molecule has 0 heterocycles. The summed E-state index contributed by atoms with van der Waals surface area (Å²) in [6, 6.07) is 6.86. The third kappa shape index (κ3) is 6.49. The predicted molar refractivity (Wildman–Crippen MR) is 88.0 cm³/mol. The molecule has 1 atom stereocenters. The molecule has 0 bridgehead atoms. The molecule has 0 aromatic heterocycles. The molecule has 1 aromatic carbocycles. The zero-order valence-corrected chi connectivity index (χ0v) is 14.2. The monoisotopic (exact) mass is 279 g/mol. The van der Waals surface area contributed by atoms with Crippen LogP contribution in [0, 0.1) is 12.8 Å². The molecule has 0 radical (unpaired) electrons. The molecular weight excluding hydrogens is 250 g/mol. The summed E-state index contributed by atoms with van der Waals surface area (Å²) in [6.07, 6.45) is 1.26. The van der Waals surface area contributed by atoms with Gasteiger partial charge in [-0.3, -0.25) is 0 Å². The lowest BCUT2D eigenvalue weighted by Gasteiger charge is -2.21. The van der Waals surface area contributed by atoms with Crippen molar-refractivity contribution in [3.63, 3.8) is 0 Å². The molecule has 0 spiro atoms. The van der Waals surface area contributed by atoms with Gasteiger partial charge in [0.2, 0.25) is 0 Å². The van der Waals surface area contributed by atoms with Gasteiger partial charge in [-0.2, -0.15) is 0 Å². The number of hydrogen-bond acceptors (Lipinski definition) is 2. The molecule has 0 aliphatic carbocycles. The first-order valence-electron chi connectivity index (χ1n) is 7.29. The fourth-order valence-electron chi connectivity index (χ4n) is 1.67. The van der Waals surface area contributed by atoms with E-state index in [1.807, 2.05) is 11.8 Å². The highest BCUT2D eigenvalue weighted by Crippen LogP contribution is 2.24. The molecule has 1 N–H and O–H groups in total. The summed E-state index contributed by atoms with van der Waals surface area (Å²) in [6.45, 7) is 14.4. The smallest absolute Gasteiger partial charge is 0.0212 e. The summed E-state index contributed by atoms with van der Waals surface area (Å²) < 4.78 is 0. The molecule has 1 rings (SSSR count). The van der Waals surface area contributed by atoms with Gasteiger partial charge in [0.15, 0.2) is 0 Å². The predicted octanol–water partition coefficient (Wildman–Crippen LogP) is 5.02. The van der Waals surface area contributed by atoms with Crippen molar-refractivity contribution in [2.75, 3.05) is 5.75 Å². The quantitative estimate of drug-likeness (QED) is 0.734. The third-order valence-electron chi connectivity index (χ3n) is 3.35. The van der Waals surface area contributed by atoms with Crippen molar-refractivity contribution in [1.29, 1.82) is 0 Å². The first-order chi connectivity index (χ1) is 8.81. The molecule has 108 valence electrons. The average molecular weight is 279 g/mol. The average Bonchev–Trinajstić information content (AvgIpc) is 2.33. The second-order valence-electron chi connectivity index (χ2n) is 6.52. The van der Waals surface area contributed by atoms with Crippen LogP contribution in [0.4, 0.5) is 0 Å². The number of nitrogens with one attached hydrogen (secondary N) is 1. The maximum absolute atomic E-state index is 3.55. The Morgan fingerprint density at radius 2 is 1.95 bits per heavy atom. The Kier molecular flexibility index (Phi) is 6.41. The SMILES string of the molecule is CCC(C)CSc1ccc(CNC(C)(C)C)c(C)c1. The lowest BCUT2D eigenvalue weighted by Crippen LogP contribution is -2.35. The largest absolute Gasteiger partial charge is 0.308 e. The summed E-state index contributed by atoms with van der Waals surface area (Å²) in [7, 11) is 0. The van der Waals surface area contributed by atoms with Crippen LogP contribution in [-0.4, -0.2) is 11.3 Å². The zero-order valence-electron chi connectivity index (χ0n) is 13.3. The fourth-order valence-corrected chi connectivity index (χ4v) is 2.81. The van der Waals surface area contributed by atoms with Gasteiger partial charge in [-0.1, -0.05) is 26.3 Å². The first kappa shape index (κ1) is 16.6. The van der Waals surface area contributed by atoms with Crippen LogP contribution < -0.4 is 5.32 Å². The van der Waals surface area contributed by atoms with Gasteiger partial charge in [-0.25, -0.2) is 0 Å². The van der Waals surface area contributed by atoms with Crippen molar-refractivity contribution in [3.05, 3.63) is 29.3 Å². The van der Waals surface area contributed by atoms with Crippen LogP contribution in [0.25, 0.3) is 0 Å². The molecular formula is C17H29NS. The Bertz CT molecular complexity index is 393. The Balaban J connectivity index is 2.59. The van der Waals surface area contributed by atoms with Gasteiger partial charge in [0, 0.05) is 22.7 Å². The molecule has 19 heavy (non-hydrogen) atoms. The molecule has 0 saturated heterocycles. The molecule has 1 nitrogen and oxygen atoms in total. The Morgan fingerprint density at radius 3 is 2.47 bits per heavy atom. The summed E-state index contributed by atoms with van der Waals surface area (Å²) in [4.78, 5) is 1.40. The van der Waals surface area contributed by atoms with E-state index in [1.54, 1.807) is 0 Å². The van der Waals surface area contributed by atoms with E-state index in [2.05, 4.69) is 65.1 Å². The van der Waals surface area contributed by atoms with E-state index in [9.17, 15) is 0 Å². The highest BCUT2D eigenvalue weighted by molar-refractivity contribution is 7.99. The van der Waals surface area contributed by atoms with Crippen molar-refractivity contribution >= 4 is 11.8 Å². The second-order valence-corrected chi connectivity index (χ2v) is 7.61. The maximum atomic E-state index is 3.55. The highest BCUT2D eigenvalue weighted by Gasteiger charge is 2.09. The Morgan fingerprint density at radius 1 is 1.26 bits per heavy atom. The van der Waals surface area contributed by atoms with Crippen molar-refractivity contribution in [3.8, 4) is 0 Å². The minimum atomic E-state index is 0.177. The first-order valence-corrected chi connectivity index (χ1v) is 8.27. The van der Waals surface area contributed by atoms with Crippen molar-refractivity contribution in [1.82, 2.24) is 5.32 Å². The van der Waals surface area contributed by atoms with Gasteiger partial charge in [0.25, 0.3) is 0 Å². The molecule has 0 aliphatic rings. The summed E-state index contributed by atoms with van der Waals surface area (Å²) >= 11 is 1.98. The van der Waals surface area contributed by atoms with E-state index >= 15 is 0 Å². The van der Waals surface area contributed by atoms with Crippen LogP contribution >= 0.6 is 11.8 Å². The van der Waals surface area contributed by atoms with Crippen LogP contribution in [0.15, 0.2) is 23.1 Å². The maximum Gasteiger partial charge on any atom is 0.0212 e. The number of rotatable bonds is 6. The van der Waals surface area contributed by atoms with Crippen molar-refractivity contribution in [2.24, 2.45) is 5.92 Å². The number of hydrogen-bond donors (Lipinski definition) is 1. The van der Waals surface area contributed by atoms with Crippen LogP contribution in [-0.2, 0) is 6.54 Å².